The van der Waals surface area contributed by atoms with Crippen LogP contribution in [0, 0.1) is 4.77 Å². The Kier molecular flexibility index (Phi) is 5.94. The third-order valence-electron chi connectivity index (χ3n) is 5.41. The van der Waals surface area contributed by atoms with Gasteiger partial charge in [-0.3, -0.25) is 4.57 Å². The Balaban J connectivity index is 1.57. The lowest BCUT2D eigenvalue weighted by Crippen LogP contribution is -3.09. The fourth-order valence-electron chi connectivity index (χ4n) is 4.08. The zero-order valence-corrected chi connectivity index (χ0v) is 18.1. The van der Waals surface area contributed by atoms with Gasteiger partial charge in [-0.25, -0.2) is 0 Å². The van der Waals surface area contributed by atoms with Crippen molar-refractivity contribution < 1.29 is 9.64 Å². The molecule has 1 unspecified atom stereocenters. The highest BCUT2D eigenvalue weighted by Crippen LogP contribution is 2.24. The molecule has 0 bridgehead atoms. The molecular weight excluding hydrogens is 388 g/mol. The molecule has 2 atom stereocenters. The van der Waals surface area contributed by atoms with Crippen molar-refractivity contribution in [1.29, 1.82) is 0 Å². The van der Waals surface area contributed by atoms with Crippen LogP contribution >= 0.6 is 23.6 Å². The summed E-state index contributed by atoms with van der Waals surface area (Å²) < 4.78 is 10.6. The predicted octanol–water partition coefficient (Wildman–Crippen LogP) is 3.94. The van der Waals surface area contributed by atoms with Crippen LogP contribution in [0.3, 0.4) is 0 Å². The molecule has 5 nitrogen and oxygen atoms in total. The van der Waals surface area contributed by atoms with E-state index in [0.29, 0.717) is 12.6 Å². The minimum atomic E-state index is 0.481. The highest BCUT2D eigenvalue weighted by atomic mass is 32.1. The molecule has 4 rings (SSSR count). The Morgan fingerprint density at radius 2 is 2.07 bits per heavy atom. The van der Waals surface area contributed by atoms with Crippen molar-refractivity contribution in [2.24, 2.45) is 0 Å². The van der Waals surface area contributed by atoms with Gasteiger partial charge in [0.1, 0.15) is 11.8 Å². The van der Waals surface area contributed by atoms with Gasteiger partial charge in [0.2, 0.25) is 4.77 Å². The van der Waals surface area contributed by atoms with Gasteiger partial charge in [0.25, 0.3) is 0 Å². The lowest BCUT2D eigenvalue weighted by Gasteiger charge is -2.21. The molecule has 1 aliphatic heterocycles. The van der Waals surface area contributed by atoms with E-state index in [-0.39, 0.29) is 0 Å². The minimum absolute atomic E-state index is 0.481. The number of nitrogens with one attached hydrogen (secondary N) is 1. The lowest BCUT2D eigenvalue weighted by atomic mass is 10.0. The van der Waals surface area contributed by atoms with E-state index in [1.165, 1.54) is 28.2 Å². The third-order valence-corrected chi connectivity index (χ3v) is 6.71. The summed E-state index contributed by atoms with van der Waals surface area (Å²) in [5.41, 5.74) is 1.37. The molecule has 0 spiro atoms. The quantitative estimate of drug-likeness (QED) is 0.594. The van der Waals surface area contributed by atoms with Gasteiger partial charge < -0.3 is 9.64 Å². The summed E-state index contributed by atoms with van der Waals surface area (Å²) in [7, 11) is 0. The highest BCUT2D eigenvalue weighted by molar-refractivity contribution is 7.71. The van der Waals surface area contributed by atoms with E-state index in [1.807, 2.05) is 11.6 Å². The Bertz CT molecular complexity index is 959. The number of aromatic nitrogens is 3. The first kappa shape index (κ1) is 19.4. The second kappa shape index (κ2) is 8.59. The molecule has 28 heavy (non-hydrogen) atoms. The predicted molar refractivity (Wildman–Crippen MR) is 115 cm³/mol. The van der Waals surface area contributed by atoms with Crippen molar-refractivity contribution in [3.8, 4) is 16.5 Å². The SMILES string of the molecule is CCOc1ccc([C@H]2CCC[NH+]2Cn2nc(-c3cccs3)n(CC)c2=S)cc1. The van der Waals surface area contributed by atoms with E-state index in [4.69, 9.17) is 22.1 Å². The Labute approximate surface area is 175 Å². The van der Waals surface area contributed by atoms with E-state index in [0.717, 1.165) is 36.1 Å². The summed E-state index contributed by atoms with van der Waals surface area (Å²) in [6.07, 6.45) is 2.43. The number of quaternary nitrogens is 1. The maximum absolute atomic E-state index is 5.76. The van der Waals surface area contributed by atoms with Crippen LogP contribution in [0.4, 0.5) is 0 Å². The molecule has 148 valence electrons. The fourth-order valence-corrected chi connectivity index (χ4v) is 5.11. The Morgan fingerprint density at radius 1 is 1.25 bits per heavy atom. The molecule has 7 heteroatoms. The molecule has 2 aromatic heterocycles. The second-order valence-corrected chi connectivity index (χ2v) is 8.40. The maximum atomic E-state index is 5.76. The summed E-state index contributed by atoms with van der Waals surface area (Å²) in [6.45, 7) is 7.63. The van der Waals surface area contributed by atoms with Crippen LogP contribution in [0.5, 0.6) is 5.75 Å². The van der Waals surface area contributed by atoms with Crippen LogP contribution in [-0.2, 0) is 13.2 Å². The summed E-state index contributed by atoms with van der Waals surface area (Å²) in [5, 5.41) is 6.99. The molecule has 3 heterocycles. The second-order valence-electron chi connectivity index (χ2n) is 7.09. The molecule has 1 aromatic carbocycles. The first-order chi connectivity index (χ1) is 13.7. The summed E-state index contributed by atoms with van der Waals surface area (Å²) in [4.78, 5) is 2.70. The van der Waals surface area contributed by atoms with Crippen LogP contribution in [0.2, 0.25) is 0 Å². The monoisotopic (exact) mass is 415 g/mol. The summed E-state index contributed by atoms with van der Waals surface area (Å²) in [5.74, 6) is 1.93. The van der Waals surface area contributed by atoms with Gasteiger partial charge in [-0.2, -0.15) is 4.68 Å². The molecule has 0 saturated carbocycles. The molecule has 3 aromatic rings. The zero-order valence-electron chi connectivity index (χ0n) is 16.4. The van der Waals surface area contributed by atoms with Gasteiger partial charge in [0.05, 0.1) is 18.0 Å². The average Bonchev–Trinajstić information content (AvgIpc) is 3.44. The molecule has 1 fully saturated rings. The van der Waals surface area contributed by atoms with Gasteiger partial charge in [0.15, 0.2) is 12.5 Å². The number of hydrogen-bond acceptors (Lipinski definition) is 4. The standard InChI is InChI=1S/C21H26N4OS2/c1-3-24-20(19-8-6-14-28-19)22-25(21(24)27)15-23-13-5-7-18(23)16-9-11-17(12-10-16)26-4-2/h6,8-12,14,18H,3-5,7,13,15H2,1-2H3/p+1/t18-/m1/s1. The number of nitrogens with zero attached hydrogens (tertiary/aromatic N) is 3. The van der Waals surface area contributed by atoms with Crippen molar-refractivity contribution in [1.82, 2.24) is 14.3 Å². The number of benzene rings is 1. The van der Waals surface area contributed by atoms with E-state index >= 15 is 0 Å². The van der Waals surface area contributed by atoms with Gasteiger partial charge in [-0.05, 0) is 61.8 Å². The minimum Gasteiger partial charge on any atom is -0.494 e. The van der Waals surface area contributed by atoms with Crippen LogP contribution in [0.15, 0.2) is 41.8 Å². The van der Waals surface area contributed by atoms with Crippen LogP contribution in [0.1, 0.15) is 38.3 Å². The lowest BCUT2D eigenvalue weighted by molar-refractivity contribution is -0.941. The first-order valence-corrected chi connectivity index (χ1v) is 11.3. The van der Waals surface area contributed by atoms with E-state index in [9.17, 15) is 0 Å². The molecule has 0 radical (unpaired) electrons. The molecule has 0 amide bonds. The van der Waals surface area contributed by atoms with Crippen molar-refractivity contribution in [2.45, 2.75) is 45.9 Å². The van der Waals surface area contributed by atoms with E-state index in [2.05, 4.69) is 53.3 Å². The van der Waals surface area contributed by atoms with E-state index in [1.54, 1.807) is 11.3 Å². The van der Waals surface area contributed by atoms with Crippen molar-refractivity contribution in [2.75, 3.05) is 13.2 Å². The smallest absolute Gasteiger partial charge is 0.203 e. The molecule has 0 aliphatic carbocycles. The van der Waals surface area contributed by atoms with Crippen LogP contribution in [0.25, 0.3) is 10.7 Å². The van der Waals surface area contributed by atoms with Crippen LogP contribution < -0.4 is 9.64 Å². The van der Waals surface area contributed by atoms with E-state index < -0.39 is 0 Å². The fraction of sp³-hybridized carbons (Fsp3) is 0.429. The van der Waals surface area contributed by atoms with Gasteiger partial charge in [-0.15, -0.1) is 16.4 Å². The van der Waals surface area contributed by atoms with Crippen molar-refractivity contribution in [3.63, 3.8) is 0 Å². The number of hydrogen-bond donors (Lipinski definition) is 1. The maximum Gasteiger partial charge on any atom is 0.203 e. The van der Waals surface area contributed by atoms with Crippen molar-refractivity contribution >= 4 is 23.6 Å². The van der Waals surface area contributed by atoms with Gasteiger partial charge in [-0.1, -0.05) is 6.07 Å². The number of likely N-dealkylation sites (tertiary alicyclic amines) is 1. The normalized spacial score (nSPS) is 19.2. The highest BCUT2D eigenvalue weighted by Gasteiger charge is 2.31. The molecule has 1 aliphatic rings. The van der Waals surface area contributed by atoms with Gasteiger partial charge >= 0.3 is 0 Å². The van der Waals surface area contributed by atoms with Gasteiger partial charge in [0, 0.05) is 24.9 Å². The average molecular weight is 416 g/mol. The largest absolute Gasteiger partial charge is 0.494 e. The number of ether oxygens (including phenoxy) is 1. The van der Waals surface area contributed by atoms with Crippen molar-refractivity contribution in [3.05, 3.63) is 52.1 Å². The number of rotatable bonds is 7. The van der Waals surface area contributed by atoms with Crippen LogP contribution in [-0.4, -0.2) is 27.5 Å². The first-order valence-electron chi connectivity index (χ1n) is 10.00. The molecular formula is C21H27N4OS2+. The Morgan fingerprint density at radius 3 is 2.75 bits per heavy atom. The summed E-state index contributed by atoms with van der Waals surface area (Å²) in [6, 6.07) is 13.3. The topological polar surface area (TPSA) is 36.4 Å². The summed E-state index contributed by atoms with van der Waals surface area (Å²) >= 11 is 7.47. The number of thiophene rings is 1. The third kappa shape index (κ3) is 3.79. The Hall–Kier alpha value is -1.96. The molecule has 1 N–H and O–H groups in total. The zero-order chi connectivity index (χ0) is 19.5. The molecule has 1 saturated heterocycles.